The molecule has 1 heterocycles. The fourth-order valence-corrected chi connectivity index (χ4v) is 2.52. The number of nitrogen functional groups attached to an aromatic ring is 2. The third kappa shape index (κ3) is 4.64. The van der Waals surface area contributed by atoms with Gasteiger partial charge in [0.2, 0.25) is 5.91 Å². The molecule has 1 aromatic heterocycles. The quantitative estimate of drug-likeness (QED) is 0.640. The van der Waals surface area contributed by atoms with E-state index in [0.717, 1.165) is 5.56 Å². The first-order chi connectivity index (χ1) is 10.0. The number of anilines is 2. The van der Waals surface area contributed by atoms with Crippen molar-refractivity contribution in [2.45, 2.75) is 11.7 Å². The highest BCUT2D eigenvalue weighted by atomic mass is 32.2. The molecule has 0 saturated heterocycles. The van der Waals surface area contributed by atoms with Gasteiger partial charge in [0, 0.05) is 19.7 Å². The van der Waals surface area contributed by atoms with Gasteiger partial charge in [-0.3, -0.25) is 4.79 Å². The Morgan fingerprint density at radius 1 is 1.19 bits per heavy atom. The maximum atomic E-state index is 12.1. The fraction of sp³-hybridized carbons (Fsp3) is 0.214. The zero-order valence-corrected chi connectivity index (χ0v) is 12.5. The van der Waals surface area contributed by atoms with Crippen molar-refractivity contribution < 1.29 is 4.79 Å². The molecular formula is C14H17N5OS. The van der Waals surface area contributed by atoms with Crippen LogP contribution in [0, 0.1) is 0 Å². The van der Waals surface area contributed by atoms with Crippen molar-refractivity contribution in [3.8, 4) is 0 Å². The molecule has 7 heteroatoms. The van der Waals surface area contributed by atoms with Crippen LogP contribution in [0.15, 0.2) is 41.6 Å². The van der Waals surface area contributed by atoms with Gasteiger partial charge in [0.05, 0.1) is 5.75 Å². The van der Waals surface area contributed by atoms with E-state index >= 15 is 0 Å². The zero-order chi connectivity index (χ0) is 15.2. The largest absolute Gasteiger partial charge is 0.383 e. The highest BCUT2D eigenvalue weighted by Crippen LogP contribution is 2.17. The lowest BCUT2D eigenvalue weighted by Crippen LogP contribution is -2.27. The zero-order valence-electron chi connectivity index (χ0n) is 11.7. The van der Waals surface area contributed by atoms with Crippen LogP contribution in [0.2, 0.25) is 0 Å². The topological polar surface area (TPSA) is 98.1 Å². The van der Waals surface area contributed by atoms with Gasteiger partial charge in [0.25, 0.3) is 0 Å². The monoisotopic (exact) mass is 303 g/mol. The third-order valence-electron chi connectivity index (χ3n) is 2.76. The molecule has 0 spiro atoms. The first kappa shape index (κ1) is 15.1. The Balaban J connectivity index is 1.89. The van der Waals surface area contributed by atoms with E-state index in [0.29, 0.717) is 23.3 Å². The van der Waals surface area contributed by atoms with E-state index in [-0.39, 0.29) is 11.7 Å². The molecule has 1 aromatic carbocycles. The minimum atomic E-state index is -0.00607. The van der Waals surface area contributed by atoms with E-state index in [4.69, 9.17) is 11.5 Å². The molecule has 0 saturated carbocycles. The Hall–Kier alpha value is -2.28. The highest BCUT2D eigenvalue weighted by Gasteiger charge is 2.11. The summed E-state index contributed by atoms with van der Waals surface area (Å²) in [6.07, 6.45) is 0. The van der Waals surface area contributed by atoms with Crippen LogP contribution in [-0.4, -0.2) is 33.6 Å². The number of rotatable bonds is 5. The summed E-state index contributed by atoms with van der Waals surface area (Å²) >= 11 is 1.22. The number of benzene rings is 1. The van der Waals surface area contributed by atoms with Gasteiger partial charge in [-0.15, -0.1) is 0 Å². The number of hydrogen-bond donors (Lipinski definition) is 2. The summed E-state index contributed by atoms with van der Waals surface area (Å²) < 4.78 is 0. The Morgan fingerprint density at radius 2 is 1.81 bits per heavy atom. The lowest BCUT2D eigenvalue weighted by atomic mass is 10.2. The minimum Gasteiger partial charge on any atom is -0.383 e. The number of amides is 1. The predicted octanol–water partition coefficient (Wildman–Crippen LogP) is 1.39. The highest BCUT2D eigenvalue weighted by molar-refractivity contribution is 7.99. The second-order valence-corrected chi connectivity index (χ2v) is 5.47. The number of hydrogen-bond acceptors (Lipinski definition) is 6. The van der Waals surface area contributed by atoms with Crippen molar-refractivity contribution in [1.82, 2.24) is 14.9 Å². The second-order valence-electron chi connectivity index (χ2n) is 4.52. The second kappa shape index (κ2) is 6.94. The molecule has 0 aliphatic heterocycles. The lowest BCUT2D eigenvalue weighted by Gasteiger charge is -2.16. The summed E-state index contributed by atoms with van der Waals surface area (Å²) in [5.41, 5.74) is 12.3. The van der Waals surface area contributed by atoms with Crippen molar-refractivity contribution in [3.05, 3.63) is 42.0 Å². The Bertz CT molecular complexity index is 600. The van der Waals surface area contributed by atoms with Crippen molar-refractivity contribution in [2.75, 3.05) is 24.3 Å². The van der Waals surface area contributed by atoms with E-state index < -0.39 is 0 Å². The normalized spacial score (nSPS) is 10.3. The first-order valence-electron chi connectivity index (χ1n) is 6.35. The van der Waals surface area contributed by atoms with Gasteiger partial charge in [-0.1, -0.05) is 42.1 Å². The molecule has 0 aliphatic rings. The molecule has 21 heavy (non-hydrogen) atoms. The number of aromatic nitrogens is 2. The number of nitrogens with zero attached hydrogens (tertiary/aromatic N) is 3. The average Bonchev–Trinajstić information content (AvgIpc) is 2.44. The Kier molecular flexibility index (Phi) is 4.99. The van der Waals surface area contributed by atoms with Gasteiger partial charge >= 0.3 is 0 Å². The molecular weight excluding hydrogens is 286 g/mol. The smallest absolute Gasteiger partial charge is 0.233 e. The molecule has 0 unspecified atom stereocenters. The predicted molar refractivity (Wildman–Crippen MR) is 84.5 cm³/mol. The first-order valence-corrected chi connectivity index (χ1v) is 7.34. The SMILES string of the molecule is CN(Cc1ccccc1)C(=O)CSc1nc(N)cc(N)n1. The Morgan fingerprint density at radius 3 is 2.43 bits per heavy atom. The van der Waals surface area contributed by atoms with Gasteiger partial charge in [-0.25, -0.2) is 9.97 Å². The lowest BCUT2D eigenvalue weighted by molar-refractivity contribution is -0.127. The summed E-state index contributed by atoms with van der Waals surface area (Å²) in [6.45, 7) is 0.570. The molecule has 2 rings (SSSR count). The van der Waals surface area contributed by atoms with Crippen molar-refractivity contribution >= 4 is 29.3 Å². The molecule has 4 N–H and O–H groups in total. The van der Waals surface area contributed by atoms with Gasteiger partial charge in [-0.2, -0.15) is 0 Å². The van der Waals surface area contributed by atoms with E-state index in [9.17, 15) is 4.79 Å². The molecule has 0 atom stereocenters. The summed E-state index contributed by atoms with van der Waals surface area (Å²) in [5, 5.41) is 0.411. The molecule has 0 aliphatic carbocycles. The standard InChI is InChI=1S/C14H17N5OS/c1-19(8-10-5-3-2-4-6-10)13(20)9-21-14-17-11(15)7-12(16)18-14/h2-7H,8-9H2,1H3,(H4,15,16,17,18). The maximum absolute atomic E-state index is 12.1. The van der Waals surface area contributed by atoms with E-state index in [1.807, 2.05) is 30.3 Å². The molecule has 2 aromatic rings. The van der Waals surface area contributed by atoms with Gasteiger partial charge in [0.1, 0.15) is 11.6 Å². The summed E-state index contributed by atoms with van der Waals surface area (Å²) in [4.78, 5) is 21.8. The fourth-order valence-electron chi connectivity index (χ4n) is 1.71. The van der Waals surface area contributed by atoms with Crippen LogP contribution in [0.3, 0.4) is 0 Å². The molecule has 0 radical (unpaired) electrons. The van der Waals surface area contributed by atoms with Crippen LogP contribution in [0.1, 0.15) is 5.56 Å². The van der Waals surface area contributed by atoms with E-state index in [1.165, 1.54) is 17.8 Å². The van der Waals surface area contributed by atoms with E-state index in [1.54, 1.807) is 11.9 Å². The summed E-state index contributed by atoms with van der Waals surface area (Å²) in [5.74, 6) is 0.838. The molecule has 0 fully saturated rings. The number of carbonyl (C=O) groups is 1. The average molecular weight is 303 g/mol. The molecule has 110 valence electrons. The molecule has 1 amide bonds. The van der Waals surface area contributed by atoms with Crippen LogP contribution < -0.4 is 11.5 Å². The van der Waals surface area contributed by atoms with Crippen LogP contribution in [0.4, 0.5) is 11.6 Å². The summed E-state index contributed by atoms with van der Waals surface area (Å²) in [6, 6.07) is 11.3. The van der Waals surface area contributed by atoms with Crippen molar-refractivity contribution in [2.24, 2.45) is 0 Å². The van der Waals surface area contributed by atoms with Crippen LogP contribution >= 0.6 is 11.8 Å². The Labute approximate surface area is 127 Å². The number of nitrogens with two attached hydrogens (primary N) is 2. The van der Waals surface area contributed by atoms with Gasteiger partial charge in [-0.05, 0) is 5.56 Å². The maximum Gasteiger partial charge on any atom is 0.233 e. The minimum absolute atomic E-state index is 0.00607. The van der Waals surface area contributed by atoms with Crippen LogP contribution in [0.5, 0.6) is 0 Å². The van der Waals surface area contributed by atoms with Crippen molar-refractivity contribution in [1.29, 1.82) is 0 Å². The van der Waals surface area contributed by atoms with E-state index in [2.05, 4.69) is 9.97 Å². The van der Waals surface area contributed by atoms with Gasteiger partial charge < -0.3 is 16.4 Å². The number of thioether (sulfide) groups is 1. The third-order valence-corrected chi connectivity index (χ3v) is 3.59. The number of carbonyl (C=O) groups excluding carboxylic acids is 1. The summed E-state index contributed by atoms with van der Waals surface area (Å²) in [7, 11) is 1.77. The van der Waals surface area contributed by atoms with Crippen LogP contribution in [-0.2, 0) is 11.3 Å². The van der Waals surface area contributed by atoms with Crippen LogP contribution in [0.25, 0.3) is 0 Å². The molecule has 6 nitrogen and oxygen atoms in total. The van der Waals surface area contributed by atoms with Gasteiger partial charge in [0.15, 0.2) is 5.16 Å². The molecule has 0 bridgehead atoms. The van der Waals surface area contributed by atoms with Crippen molar-refractivity contribution in [3.63, 3.8) is 0 Å².